The third-order valence-corrected chi connectivity index (χ3v) is 3.22. The van der Waals surface area contributed by atoms with Gasteiger partial charge in [-0.2, -0.15) is 0 Å². The van der Waals surface area contributed by atoms with Crippen molar-refractivity contribution in [3.8, 4) is 5.75 Å². The SMILES string of the molecule is Cc1ccc(OCCC(=O)NCCC(C)N)c(Br)c1.Cl. The second kappa shape index (κ2) is 10.0. The summed E-state index contributed by atoms with van der Waals surface area (Å²) in [4.78, 5) is 11.5. The van der Waals surface area contributed by atoms with Crippen LogP contribution in [0.4, 0.5) is 0 Å². The van der Waals surface area contributed by atoms with E-state index in [4.69, 9.17) is 10.5 Å². The maximum absolute atomic E-state index is 11.5. The van der Waals surface area contributed by atoms with Gasteiger partial charge in [-0.25, -0.2) is 0 Å². The monoisotopic (exact) mass is 364 g/mol. The molecule has 6 heteroatoms. The molecule has 1 atom stereocenters. The second-order valence-electron chi connectivity index (χ2n) is 4.65. The van der Waals surface area contributed by atoms with Crippen molar-refractivity contribution < 1.29 is 9.53 Å². The van der Waals surface area contributed by atoms with Gasteiger partial charge in [0.2, 0.25) is 5.91 Å². The molecule has 0 aliphatic carbocycles. The second-order valence-corrected chi connectivity index (χ2v) is 5.50. The number of nitrogens with one attached hydrogen (secondary N) is 1. The predicted molar refractivity (Wildman–Crippen MR) is 87.5 cm³/mol. The Balaban J connectivity index is 0.00000361. The lowest BCUT2D eigenvalue weighted by Gasteiger charge is -2.10. The Morgan fingerprint density at radius 3 is 2.80 bits per heavy atom. The number of halogens is 2. The van der Waals surface area contributed by atoms with Crippen LogP contribution in [-0.2, 0) is 4.79 Å². The molecule has 0 saturated carbocycles. The van der Waals surface area contributed by atoms with E-state index in [1.165, 1.54) is 0 Å². The number of hydrogen-bond acceptors (Lipinski definition) is 3. The van der Waals surface area contributed by atoms with E-state index in [2.05, 4.69) is 21.2 Å². The zero-order valence-electron chi connectivity index (χ0n) is 11.8. The summed E-state index contributed by atoms with van der Waals surface area (Å²) in [7, 11) is 0. The number of rotatable bonds is 7. The zero-order chi connectivity index (χ0) is 14.3. The van der Waals surface area contributed by atoms with Gasteiger partial charge in [0.15, 0.2) is 0 Å². The number of amides is 1. The number of carbonyl (C=O) groups is 1. The van der Waals surface area contributed by atoms with Gasteiger partial charge in [0.1, 0.15) is 5.75 Å². The fourth-order valence-corrected chi connectivity index (χ4v) is 2.11. The van der Waals surface area contributed by atoms with Crippen LogP contribution in [0.25, 0.3) is 0 Å². The first kappa shape index (κ1) is 19.2. The van der Waals surface area contributed by atoms with Gasteiger partial charge in [0.25, 0.3) is 0 Å². The van der Waals surface area contributed by atoms with E-state index in [1.807, 2.05) is 32.0 Å². The van der Waals surface area contributed by atoms with Crippen LogP contribution < -0.4 is 15.8 Å². The molecule has 0 bridgehead atoms. The lowest BCUT2D eigenvalue weighted by atomic mass is 10.2. The van der Waals surface area contributed by atoms with Gasteiger partial charge in [0.05, 0.1) is 17.5 Å². The van der Waals surface area contributed by atoms with Crippen LogP contribution in [0.2, 0.25) is 0 Å². The summed E-state index contributed by atoms with van der Waals surface area (Å²) in [5.41, 5.74) is 6.76. The minimum Gasteiger partial charge on any atom is -0.492 e. The van der Waals surface area contributed by atoms with E-state index >= 15 is 0 Å². The highest BCUT2D eigenvalue weighted by Crippen LogP contribution is 2.25. The molecule has 1 aromatic carbocycles. The molecule has 0 spiro atoms. The molecule has 1 amide bonds. The normalized spacial score (nSPS) is 11.4. The highest BCUT2D eigenvalue weighted by atomic mass is 79.9. The summed E-state index contributed by atoms with van der Waals surface area (Å²) < 4.78 is 6.46. The van der Waals surface area contributed by atoms with Crippen molar-refractivity contribution in [2.45, 2.75) is 32.7 Å². The maximum Gasteiger partial charge on any atom is 0.223 e. The largest absolute Gasteiger partial charge is 0.492 e. The van der Waals surface area contributed by atoms with E-state index in [0.717, 1.165) is 22.2 Å². The Morgan fingerprint density at radius 2 is 2.20 bits per heavy atom. The van der Waals surface area contributed by atoms with Crippen LogP contribution in [0.15, 0.2) is 22.7 Å². The molecule has 1 rings (SSSR count). The molecule has 0 saturated heterocycles. The molecule has 1 unspecified atom stereocenters. The van der Waals surface area contributed by atoms with Crippen LogP contribution >= 0.6 is 28.3 Å². The molecule has 114 valence electrons. The molecule has 20 heavy (non-hydrogen) atoms. The minimum absolute atomic E-state index is 0. The van der Waals surface area contributed by atoms with E-state index in [0.29, 0.717) is 19.6 Å². The molecule has 0 aromatic heterocycles. The molecule has 0 aliphatic rings. The number of benzene rings is 1. The first-order valence-corrected chi connectivity index (χ1v) is 7.19. The number of nitrogens with two attached hydrogens (primary N) is 1. The molecule has 1 aromatic rings. The van der Waals surface area contributed by atoms with Crippen LogP contribution in [0.5, 0.6) is 5.75 Å². The molecule has 0 fully saturated rings. The van der Waals surface area contributed by atoms with E-state index in [-0.39, 0.29) is 24.4 Å². The molecule has 3 N–H and O–H groups in total. The summed E-state index contributed by atoms with van der Waals surface area (Å²) in [5, 5.41) is 2.81. The van der Waals surface area contributed by atoms with E-state index in [1.54, 1.807) is 0 Å². The molecule has 0 radical (unpaired) electrons. The quantitative estimate of drug-likeness (QED) is 0.781. The van der Waals surface area contributed by atoms with Crippen molar-refractivity contribution >= 4 is 34.2 Å². The fraction of sp³-hybridized carbons (Fsp3) is 0.500. The van der Waals surface area contributed by atoms with Crippen LogP contribution in [0.1, 0.15) is 25.3 Å². The standard InChI is InChI=1S/C14H21BrN2O2.ClH/c1-10-3-4-13(12(15)9-10)19-8-6-14(18)17-7-5-11(2)16;/h3-4,9,11H,5-8,16H2,1-2H3,(H,17,18);1H. The smallest absolute Gasteiger partial charge is 0.223 e. The predicted octanol–water partition coefficient (Wildman–Crippen LogP) is 2.80. The highest BCUT2D eigenvalue weighted by Gasteiger charge is 2.04. The average molecular weight is 366 g/mol. The van der Waals surface area contributed by atoms with Gasteiger partial charge in [-0.15, -0.1) is 12.4 Å². The Bertz CT molecular complexity index is 428. The van der Waals surface area contributed by atoms with Crippen molar-refractivity contribution in [1.29, 1.82) is 0 Å². The number of ether oxygens (including phenoxy) is 1. The van der Waals surface area contributed by atoms with Gasteiger partial charge in [-0.3, -0.25) is 4.79 Å². The Labute approximate surface area is 135 Å². The Morgan fingerprint density at radius 1 is 1.50 bits per heavy atom. The number of carbonyl (C=O) groups excluding carboxylic acids is 1. The van der Waals surface area contributed by atoms with Crippen molar-refractivity contribution in [1.82, 2.24) is 5.32 Å². The zero-order valence-corrected chi connectivity index (χ0v) is 14.2. The third-order valence-electron chi connectivity index (χ3n) is 2.60. The van der Waals surface area contributed by atoms with Crippen LogP contribution in [-0.4, -0.2) is 25.1 Å². The molecule has 4 nitrogen and oxygen atoms in total. The maximum atomic E-state index is 11.5. The highest BCUT2D eigenvalue weighted by molar-refractivity contribution is 9.10. The first-order chi connectivity index (χ1) is 8.99. The van der Waals surface area contributed by atoms with Crippen molar-refractivity contribution in [3.05, 3.63) is 28.2 Å². The van der Waals surface area contributed by atoms with E-state index in [9.17, 15) is 4.79 Å². The van der Waals surface area contributed by atoms with E-state index < -0.39 is 0 Å². The molecule has 0 aliphatic heterocycles. The molecule has 0 heterocycles. The minimum atomic E-state index is -0.0103. The fourth-order valence-electron chi connectivity index (χ4n) is 1.50. The molecular formula is C14H22BrClN2O2. The first-order valence-electron chi connectivity index (χ1n) is 6.40. The van der Waals surface area contributed by atoms with Crippen molar-refractivity contribution in [3.63, 3.8) is 0 Å². The number of hydrogen-bond donors (Lipinski definition) is 2. The molecular weight excluding hydrogens is 344 g/mol. The van der Waals surface area contributed by atoms with Crippen LogP contribution in [0, 0.1) is 6.92 Å². The van der Waals surface area contributed by atoms with Gasteiger partial charge in [-0.05, 0) is 53.9 Å². The average Bonchev–Trinajstić information content (AvgIpc) is 2.31. The van der Waals surface area contributed by atoms with Crippen molar-refractivity contribution in [2.75, 3.05) is 13.2 Å². The summed E-state index contributed by atoms with van der Waals surface area (Å²) in [5.74, 6) is 0.748. The van der Waals surface area contributed by atoms with Gasteiger partial charge in [-0.1, -0.05) is 6.07 Å². The van der Waals surface area contributed by atoms with Gasteiger partial charge in [0, 0.05) is 12.6 Å². The van der Waals surface area contributed by atoms with Crippen LogP contribution in [0.3, 0.4) is 0 Å². The topological polar surface area (TPSA) is 64.3 Å². The summed E-state index contributed by atoms with van der Waals surface area (Å²) >= 11 is 3.43. The Hall–Kier alpha value is -0.780. The van der Waals surface area contributed by atoms with Gasteiger partial charge >= 0.3 is 0 Å². The lowest BCUT2D eigenvalue weighted by molar-refractivity contribution is -0.121. The number of aryl methyl sites for hydroxylation is 1. The summed E-state index contributed by atoms with van der Waals surface area (Å²) in [6, 6.07) is 5.97. The summed E-state index contributed by atoms with van der Waals surface area (Å²) in [6.07, 6.45) is 1.13. The van der Waals surface area contributed by atoms with Crippen molar-refractivity contribution in [2.24, 2.45) is 5.73 Å². The Kier molecular flexibility index (Phi) is 9.63. The van der Waals surface area contributed by atoms with Gasteiger partial charge < -0.3 is 15.8 Å². The lowest BCUT2D eigenvalue weighted by Crippen LogP contribution is -2.29. The summed E-state index contributed by atoms with van der Waals surface area (Å²) in [6.45, 7) is 4.92. The third kappa shape index (κ3) is 7.72.